The van der Waals surface area contributed by atoms with Crippen molar-refractivity contribution in [2.75, 3.05) is 6.61 Å². The first-order valence-corrected chi connectivity index (χ1v) is 5.60. The molecule has 1 aliphatic heterocycles. The number of nitrogens with zero attached hydrogens (tertiary/aromatic N) is 2. The second-order valence-electron chi connectivity index (χ2n) is 4.39. The first kappa shape index (κ1) is 12.9. The highest BCUT2D eigenvalue weighted by molar-refractivity contribution is 4.91. The van der Waals surface area contributed by atoms with Gasteiger partial charge in [-0.2, -0.15) is 9.78 Å². The lowest BCUT2D eigenvalue weighted by atomic mass is 10.0. The van der Waals surface area contributed by atoms with E-state index < -0.39 is 35.6 Å². The molecule has 0 bridgehead atoms. The molecular weight excluding hydrogens is 242 g/mol. The third-order valence-corrected chi connectivity index (χ3v) is 3.12. The van der Waals surface area contributed by atoms with Gasteiger partial charge in [-0.15, -0.1) is 0 Å². The zero-order valence-electron chi connectivity index (χ0n) is 10.0. The number of hydrogen-bond donors (Lipinski definition) is 3. The summed E-state index contributed by atoms with van der Waals surface area (Å²) < 4.78 is 6.36. The summed E-state index contributed by atoms with van der Waals surface area (Å²) in [6.07, 6.45) is -2.45. The van der Waals surface area contributed by atoms with E-state index in [9.17, 15) is 14.7 Å². The molecule has 1 aromatic heterocycles. The molecule has 0 spiro atoms. The first-order valence-electron chi connectivity index (χ1n) is 5.60. The van der Waals surface area contributed by atoms with Crippen LogP contribution >= 0.6 is 0 Å². The number of nitrogens with one attached hydrogen (secondary N) is 1. The average molecular weight is 257 g/mol. The van der Waals surface area contributed by atoms with Gasteiger partial charge in [-0.3, -0.25) is 9.78 Å². The second kappa shape index (κ2) is 4.63. The number of aromatic nitrogens is 3. The molecule has 18 heavy (non-hydrogen) atoms. The summed E-state index contributed by atoms with van der Waals surface area (Å²) in [6.45, 7) is 2.80. The van der Waals surface area contributed by atoms with Crippen LogP contribution in [0.2, 0.25) is 0 Å². The van der Waals surface area contributed by atoms with E-state index in [0.29, 0.717) is 0 Å². The van der Waals surface area contributed by atoms with Crippen LogP contribution in [0.1, 0.15) is 18.8 Å². The van der Waals surface area contributed by atoms with Crippen LogP contribution in [0.5, 0.6) is 0 Å². The molecule has 3 N–H and O–H groups in total. The highest BCUT2D eigenvalue weighted by Crippen LogP contribution is 2.32. The molecule has 2 heterocycles. The number of aliphatic hydroxyl groups excluding tert-OH is 2. The molecular formula is C10H15N3O5. The van der Waals surface area contributed by atoms with Gasteiger partial charge in [0.1, 0.15) is 11.8 Å². The minimum absolute atomic E-state index is 0.132. The number of aryl methyl sites for hydroxylation is 1. The number of aromatic amines is 1. The molecule has 1 aliphatic rings. The van der Waals surface area contributed by atoms with Crippen LogP contribution in [0.25, 0.3) is 0 Å². The van der Waals surface area contributed by atoms with E-state index in [1.165, 1.54) is 6.92 Å². The number of rotatable bonds is 2. The number of ether oxygens (including phenoxy) is 1. The van der Waals surface area contributed by atoms with Crippen LogP contribution in [0.3, 0.4) is 0 Å². The molecule has 4 atom stereocenters. The number of H-pyrrole nitrogens is 1. The molecule has 1 aromatic rings. The minimum atomic E-state index is -0.888. The highest BCUT2D eigenvalue weighted by atomic mass is 16.5. The summed E-state index contributed by atoms with van der Waals surface area (Å²) in [5.74, 6) is -0.419. The van der Waals surface area contributed by atoms with Crippen LogP contribution < -0.4 is 11.2 Å². The molecule has 2 rings (SSSR count). The van der Waals surface area contributed by atoms with E-state index in [4.69, 9.17) is 9.84 Å². The topological polar surface area (TPSA) is 117 Å². The zero-order chi connectivity index (χ0) is 13.4. The van der Waals surface area contributed by atoms with Crippen molar-refractivity contribution < 1.29 is 14.9 Å². The molecule has 0 aliphatic carbocycles. The molecule has 8 nitrogen and oxygen atoms in total. The molecule has 0 amide bonds. The van der Waals surface area contributed by atoms with Gasteiger partial charge < -0.3 is 14.9 Å². The van der Waals surface area contributed by atoms with Crippen LogP contribution in [0, 0.1) is 12.8 Å². The first-order chi connectivity index (χ1) is 8.45. The fourth-order valence-electron chi connectivity index (χ4n) is 1.99. The number of hydrogen-bond acceptors (Lipinski definition) is 6. The van der Waals surface area contributed by atoms with Crippen molar-refractivity contribution in [2.24, 2.45) is 5.92 Å². The maximum atomic E-state index is 11.6. The largest absolute Gasteiger partial charge is 0.394 e. The Balaban J connectivity index is 2.42. The van der Waals surface area contributed by atoms with E-state index in [1.54, 1.807) is 6.92 Å². The standard InChI is InChI=1S/C10H15N3O5/c1-4-7(15)6(3-14)18-9(4)13-10(17)11-8(16)5(2)12-13/h4,6-7,9,14-15H,3H2,1-2H3,(H,11,16,17)/t4?,6-,7?,9-/m1/s1. The lowest BCUT2D eigenvalue weighted by Gasteiger charge is -2.16. The predicted molar refractivity (Wildman–Crippen MR) is 60.0 cm³/mol. The second-order valence-corrected chi connectivity index (χ2v) is 4.39. The molecule has 1 saturated heterocycles. The Bertz CT molecular complexity index is 551. The molecule has 2 unspecified atom stereocenters. The molecule has 0 saturated carbocycles. The van der Waals surface area contributed by atoms with Crippen molar-refractivity contribution in [2.45, 2.75) is 32.3 Å². The maximum absolute atomic E-state index is 11.6. The SMILES string of the molecule is Cc1nn([C@@H]2O[C@H](CO)C(O)C2C)c(=O)[nH]c1=O. The van der Waals surface area contributed by atoms with Crippen LogP contribution in [-0.4, -0.2) is 43.8 Å². The number of aliphatic hydroxyl groups is 2. The Morgan fingerprint density at radius 3 is 2.72 bits per heavy atom. The van der Waals surface area contributed by atoms with E-state index in [-0.39, 0.29) is 12.3 Å². The van der Waals surface area contributed by atoms with Gasteiger partial charge in [0.05, 0.1) is 12.7 Å². The third kappa shape index (κ3) is 1.98. The van der Waals surface area contributed by atoms with Crippen molar-refractivity contribution in [1.82, 2.24) is 14.8 Å². The van der Waals surface area contributed by atoms with Crippen molar-refractivity contribution in [1.29, 1.82) is 0 Å². The van der Waals surface area contributed by atoms with E-state index in [0.717, 1.165) is 4.68 Å². The van der Waals surface area contributed by atoms with Crippen molar-refractivity contribution in [3.8, 4) is 0 Å². The lowest BCUT2D eigenvalue weighted by Crippen LogP contribution is -2.38. The maximum Gasteiger partial charge on any atom is 0.347 e. The van der Waals surface area contributed by atoms with Gasteiger partial charge in [0.2, 0.25) is 0 Å². The van der Waals surface area contributed by atoms with Gasteiger partial charge >= 0.3 is 5.69 Å². The Morgan fingerprint density at radius 1 is 1.50 bits per heavy atom. The fourth-order valence-corrected chi connectivity index (χ4v) is 1.99. The third-order valence-electron chi connectivity index (χ3n) is 3.12. The van der Waals surface area contributed by atoms with E-state index >= 15 is 0 Å². The summed E-state index contributed by atoms with van der Waals surface area (Å²) in [5, 5.41) is 22.7. The quantitative estimate of drug-likeness (QED) is 0.571. The average Bonchev–Trinajstić information content (AvgIpc) is 2.61. The highest BCUT2D eigenvalue weighted by Gasteiger charge is 2.42. The van der Waals surface area contributed by atoms with Crippen molar-refractivity contribution in [3.63, 3.8) is 0 Å². The fraction of sp³-hybridized carbons (Fsp3) is 0.700. The zero-order valence-corrected chi connectivity index (χ0v) is 10.0. The summed E-state index contributed by atoms with van der Waals surface area (Å²) in [5.41, 5.74) is -1.12. The molecule has 100 valence electrons. The van der Waals surface area contributed by atoms with Gasteiger partial charge in [-0.25, -0.2) is 4.79 Å². The van der Waals surface area contributed by atoms with Gasteiger partial charge in [-0.1, -0.05) is 6.92 Å². The Morgan fingerprint density at radius 2 is 2.17 bits per heavy atom. The molecule has 8 heteroatoms. The Labute approximate surface area is 102 Å². The summed E-state index contributed by atoms with van der Waals surface area (Å²) in [4.78, 5) is 25.0. The Kier molecular flexibility index (Phi) is 3.33. The van der Waals surface area contributed by atoms with Gasteiger partial charge in [0, 0.05) is 5.92 Å². The summed E-state index contributed by atoms with van der Waals surface area (Å²) in [7, 11) is 0. The molecule has 1 fully saturated rings. The molecule has 0 radical (unpaired) electrons. The monoisotopic (exact) mass is 257 g/mol. The minimum Gasteiger partial charge on any atom is -0.394 e. The van der Waals surface area contributed by atoms with Crippen molar-refractivity contribution in [3.05, 3.63) is 26.5 Å². The smallest absolute Gasteiger partial charge is 0.347 e. The summed E-state index contributed by atoms with van der Waals surface area (Å²) in [6, 6.07) is 0. The molecule has 0 aromatic carbocycles. The van der Waals surface area contributed by atoms with Gasteiger partial charge in [0.15, 0.2) is 6.23 Å². The summed E-state index contributed by atoms with van der Waals surface area (Å²) >= 11 is 0. The van der Waals surface area contributed by atoms with E-state index in [1.807, 2.05) is 0 Å². The van der Waals surface area contributed by atoms with Gasteiger partial charge in [0.25, 0.3) is 5.56 Å². The van der Waals surface area contributed by atoms with Crippen LogP contribution in [-0.2, 0) is 4.74 Å². The Hall–Kier alpha value is -1.51. The normalized spacial score (nSPS) is 31.8. The van der Waals surface area contributed by atoms with Crippen molar-refractivity contribution >= 4 is 0 Å². The predicted octanol–water partition coefficient (Wildman–Crippen LogP) is -1.87. The van der Waals surface area contributed by atoms with Crippen LogP contribution in [0.4, 0.5) is 0 Å². The lowest BCUT2D eigenvalue weighted by molar-refractivity contribution is -0.0531. The van der Waals surface area contributed by atoms with E-state index in [2.05, 4.69) is 10.1 Å². The van der Waals surface area contributed by atoms with Gasteiger partial charge in [-0.05, 0) is 6.92 Å². The van der Waals surface area contributed by atoms with Crippen LogP contribution in [0.15, 0.2) is 9.59 Å².